The van der Waals surface area contributed by atoms with E-state index in [2.05, 4.69) is 10.00 Å². The van der Waals surface area contributed by atoms with Crippen LogP contribution in [0.4, 0.5) is 0 Å². The molecule has 0 radical (unpaired) electrons. The van der Waals surface area contributed by atoms with Crippen LogP contribution in [0.2, 0.25) is 5.15 Å². The van der Waals surface area contributed by atoms with Crippen molar-refractivity contribution in [3.8, 4) is 0 Å². The molecule has 2 heterocycles. The highest BCUT2D eigenvalue weighted by Gasteiger charge is 2.32. The van der Waals surface area contributed by atoms with Gasteiger partial charge in [0.05, 0.1) is 11.8 Å². The van der Waals surface area contributed by atoms with Crippen LogP contribution < -0.4 is 0 Å². The molecule has 0 aliphatic carbocycles. The van der Waals surface area contributed by atoms with Crippen LogP contribution in [0.15, 0.2) is 30.3 Å². The summed E-state index contributed by atoms with van der Waals surface area (Å²) >= 11 is 6.42. The molecule has 0 spiro atoms. The van der Waals surface area contributed by atoms with Crippen LogP contribution in [0, 0.1) is 6.92 Å². The molecule has 0 unspecified atom stereocenters. The van der Waals surface area contributed by atoms with E-state index in [0.717, 1.165) is 36.2 Å². The zero-order valence-corrected chi connectivity index (χ0v) is 13.8. The Morgan fingerprint density at radius 1 is 1.36 bits per heavy atom. The molecular formula is C17H22ClN3O. The summed E-state index contributed by atoms with van der Waals surface area (Å²) in [5, 5.41) is 15.6. The zero-order chi connectivity index (χ0) is 15.7. The maximum Gasteiger partial charge on any atom is 0.131 e. The number of aromatic nitrogens is 2. The van der Waals surface area contributed by atoms with Gasteiger partial charge in [0.1, 0.15) is 5.15 Å². The third-order valence-corrected chi connectivity index (χ3v) is 4.93. The van der Waals surface area contributed by atoms with Crippen LogP contribution in [0.1, 0.15) is 41.8 Å². The number of benzene rings is 1. The molecule has 1 fully saturated rings. The van der Waals surface area contributed by atoms with Crippen molar-refractivity contribution in [1.29, 1.82) is 0 Å². The number of β-amino-alcohol motifs (C(OH)–C–C–N with tert-alkyl or cyclic N) is 1. The van der Waals surface area contributed by atoms with E-state index in [9.17, 15) is 5.11 Å². The van der Waals surface area contributed by atoms with Crippen LogP contribution in [0.3, 0.4) is 0 Å². The highest BCUT2D eigenvalue weighted by Crippen LogP contribution is 2.38. The van der Waals surface area contributed by atoms with Crippen LogP contribution in [-0.2, 0) is 7.05 Å². The normalized spacial score (nSPS) is 20.5. The lowest BCUT2D eigenvalue weighted by Crippen LogP contribution is -2.28. The van der Waals surface area contributed by atoms with Crippen molar-refractivity contribution in [2.45, 2.75) is 31.9 Å². The fourth-order valence-corrected chi connectivity index (χ4v) is 3.70. The van der Waals surface area contributed by atoms with Gasteiger partial charge in [-0.25, -0.2) is 0 Å². The van der Waals surface area contributed by atoms with Crippen molar-refractivity contribution in [2.24, 2.45) is 7.05 Å². The third kappa shape index (κ3) is 2.91. The number of aliphatic hydroxyl groups excluding tert-OH is 1. The molecule has 0 amide bonds. The third-order valence-electron chi connectivity index (χ3n) is 4.48. The Morgan fingerprint density at radius 3 is 2.73 bits per heavy atom. The largest absolute Gasteiger partial charge is 0.387 e. The first kappa shape index (κ1) is 15.5. The zero-order valence-electron chi connectivity index (χ0n) is 13.0. The van der Waals surface area contributed by atoms with Crippen molar-refractivity contribution in [3.63, 3.8) is 0 Å². The van der Waals surface area contributed by atoms with Crippen LogP contribution in [0.25, 0.3) is 0 Å². The molecule has 1 aliphatic heterocycles. The number of hydrogen-bond donors (Lipinski definition) is 1. The van der Waals surface area contributed by atoms with Gasteiger partial charge in [0.25, 0.3) is 0 Å². The van der Waals surface area contributed by atoms with E-state index in [1.807, 2.05) is 44.3 Å². The first-order valence-corrected chi connectivity index (χ1v) is 8.11. The lowest BCUT2D eigenvalue weighted by molar-refractivity contribution is 0.106. The van der Waals surface area contributed by atoms with E-state index in [-0.39, 0.29) is 6.04 Å². The van der Waals surface area contributed by atoms with E-state index in [4.69, 9.17) is 11.6 Å². The summed E-state index contributed by atoms with van der Waals surface area (Å²) in [4.78, 5) is 2.33. The number of nitrogens with zero attached hydrogens (tertiary/aromatic N) is 3. The number of rotatable bonds is 4. The minimum absolute atomic E-state index is 0.250. The second kappa shape index (κ2) is 6.41. The van der Waals surface area contributed by atoms with Gasteiger partial charge in [-0.2, -0.15) is 5.10 Å². The second-order valence-electron chi connectivity index (χ2n) is 5.99. The first-order valence-electron chi connectivity index (χ1n) is 7.74. The quantitative estimate of drug-likeness (QED) is 0.940. The number of hydrogen-bond acceptors (Lipinski definition) is 3. The van der Waals surface area contributed by atoms with Gasteiger partial charge in [-0.3, -0.25) is 9.58 Å². The molecule has 22 heavy (non-hydrogen) atoms. The summed E-state index contributed by atoms with van der Waals surface area (Å²) in [6, 6.07) is 10.1. The topological polar surface area (TPSA) is 41.3 Å². The molecule has 1 aromatic carbocycles. The van der Waals surface area contributed by atoms with Crippen molar-refractivity contribution in [1.82, 2.24) is 14.7 Å². The van der Waals surface area contributed by atoms with E-state index >= 15 is 0 Å². The summed E-state index contributed by atoms with van der Waals surface area (Å²) in [6.07, 6.45) is 1.71. The Morgan fingerprint density at radius 2 is 2.09 bits per heavy atom. The fraction of sp³-hybridized carbons (Fsp3) is 0.471. The lowest BCUT2D eigenvalue weighted by Gasteiger charge is -2.27. The van der Waals surface area contributed by atoms with Gasteiger partial charge in [-0.05, 0) is 31.9 Å². The Bertz CT molecular complexity index is 641. The summed E-state index contributed by atoms with van der Waals surface area (Å²) in [5.41, 5.74) is 3.06. The van der Waals surface area contributed by atoms with Gasteiger partial charge < -0.3 is 5.11 Å². The molecule has 1 saturated heterocycles. The molecule has 5 heteroatoms. The van der Waals surface area contributed by atoms with Gasteiger partial charge in [-0.1, -0.05) is 41.9 Å². The van der Waals surface area contributed by atoms with Crippen LogP contribution >= 0.6 is 11.6 Å². The van der Waals surface area contributed by atoms with Crippen molar-refractivity contribution >= 4 is 11.6 Å². The molecular weight excluding hydrogens is 298 g/mol. The number of likely N-dealkylation sites (tertiary alicyclic amines) is 1. The number of aryl methyl sites for hydroxylation is 2. The predicted octanol–water partition coefficient (Wildman–Crippen LogP) is 3.25. The van der Waals surface area contributed by atoms with Gasteiger partial charge in [0.2, 0.25) is 0 Å². The van der Waals surface area contributed by atoms with Gasteiger partial charge >= 0.3 is 0 Å². The molecule has 2 atom stereocenters. The molecule has 1 aromatic heterocycles. The minimum Gasteiger partial charge on any atom is -0.387 e. The summed E-state index contributed by atoms with van der Waals surface area (Å²) < 4.78 is 1.73. The first-order chi connectivity index (χ1) is 10.6. The fourth-order valence-electron chi connectivity index (χ4n) is 3.40. The molecule has 4 nitrogen and oxygen atoms in total. The average molecular weight is 320 g/mol. The number of aliphatic hydroxyl groups is 1. The van der Waals surface area contributed by atoms with Gasteiger partial charge in [0.15, 0.2) is 0 Å². The molecule has 118 valence electrons. The maximum atomic E-state index is 10.5. The molecule has 0 saturated carbocycles. The van der Waals surface area contributed by atoms with Crippen LogP contribution in [0.5, 0.6) is 0 Å². The molecule has 3 rings (SSSR count). The lowest BCUT2D eigenvalue weighted by atomic mass is 10.0. The maximum absolute atomic E-state index is 10.5. The van der Waals surface area contributed by atoms with Crippen molar-refractivity contribution in [2.75, 3.05) is 13.1 Å². The predicted molar refractivity (Wildman–Crippen MR) is 87.9 cm³/mol. The molecule has 0 bridgehead atoms. The molecule has 1 N–H and O–H groups in total. The Balaban J connectivity index is 1.79. The standard InChI is InChI=1S/C17H22ClN3O/c1-12-16(17(18)20(2)19-12)14-9-6-10-21(14)11-15(22)13-7-4-3-5-8-13/h3-5,7-8,14-15,22H,6,9-11H2,1-2H3/t14-,15+/m1/s1. The summed E-state index contributed by atoms with van der Waals surface area (Å²) in [5.74, 6) is 0. The van der Waals surface area contributed by atoms with Gasteiger partial charge in [-0.15, -0.1) is 0 Å². The Kier molecular flexibility index (Phi) is 4.52. The van der Waals surface area contributed by atoms with E-state index in [1.165, 1.54) is 0 Å². The van der Waals surface area contributed by atoms with E-state index < -0.39 is 6.10 Å². The van der Waals surface area contributed by atoms with E-state index in [0.29, 0.717) is 11.7 Å². The summed E-state index contributed by atoms with van der Waals surface area (Å²) in [6.45, 7) is 3.61. The minimum atomic E-state index is -0.474. The van der Waals surface area contributed by atoms with Gasteiger partial charge in [0, 0.05) is 25.2 Å². The average Bonchev–Trinajstić information content (AvgIpc) is 3.05. The molecule has 1 aliphatic rings. The van der Waals surface area contributed by atoms with Crippen LogP contribution in [-0.4, -0.2) is 32.9 Å². The monoisotopic (exact) mass is 319 g/mol. The number of halogens is 1. The van der Waals surface area contributed by atoms with Crippen molar-refractivity contribution < 1.29 is 5.11 Å². The Labute approximate surface area is 136 Å². The molecule has 2 aromatic rings. The second-order valence-corrected chi connectivity index (χ2v) is 6.35. The highest BCUT2D eigenvalue weighted by atomic mass is 35.5. The van der Waals surface area contributed by atoms with Crippen molar-refractivity contribution in [3.05, 3.63) is 52.3 Å². The summed E-state index contributed by atoms with van der Waals surface area (Å²) in [7, 11) is 1.87. The van der Waals surface area contributed by atoms with E-state index in [1.54, 1.807) is 4.68 Å². The highest BCUT2D eigenvalue weighted by molar-refractivity contribution is 6.30. The smallest absolute Gasteiger partial charge is 0.131 e. The Hall–Kier alpha value is -1.36. The SMILES string of the molecule is Cc1nn(C)c(Cl)c1[C@H]1CCCN1C[C@H](O)c1ccccc1.